The Morgan fingerprint density at radius 1 is 1.30 bits per heavy atom. The van der Waals surface area contributed by atoms with Crippen molar-refractivity contribution in [1.29, 1.82) is 0 Å². The summed E-state index contributed by atoms with van der Waals surface area (Å²) in [5.41, 5.74) is 1.82. The molecular formula is C18H24N2O3. The maximum atomic E-state index is 10.2. The molecule has 1 fully saturated rings. The summed E-state index contributed by atoms with van der Waals surface area (Å²) in [7, 11) is 1.60. The third-order valence-corrected chi connectivity index (χ3v) is 4.50. The van der Waals surface area contributed by atoms with Gasteiger partial charge in [0.25, 0.3) is 0 Å². The van der Waals surface area contributed by atoms with Crippen LogP contribution in [0.15, 0.2) is 28.8 Å². The second-order valence-corrected chi connectivity index (χ2v) is 6.20. The molecular weight excluding hydrogens is 292 g/mol. The van der Waals surface area contributed by atoms with Crippen molar-refractivity contribution in [1.82, 2.24) is 10.1 Å². The standard InChI is InChI=1S/C18H24N2O3/c1-13-10-18(23-19-13)16-6-4-3-5-9-20(16)12-14-7-8-15(22-2)11-17(14)21/h7-8,10-11,16,21H,3-6,9,12H2,1-2H3/t16-/m1/s1. The Labute approximate surface area is 136 Å². The topological polar surface area (TPSA) is 58.7 Å². The van der Waals surface area contributed by atoms with Gasteiger partial charge in [-0.15, -0.1) is 0 Å². The molecule has 5 heteroatoms. The maximum absolute atomic E-state index is 10.2. The lowest BCUT2D eigenvalue weighted by Crippen LogP contribution is -2.28. The number of nitrogens with zero attached hydrogens (tertiary/aromatic N) is 2. The predicted molar refractivity (Wildman–Crippen MR) is 87.5 cm³/mol. The molecule has 1 N–H and O–H groups in total. The van der Waals surface area contributed by atoms with E-state index in [1.54, 1.807) is 13.2 Å². The smallest absolute Gasteiger partial charge is 0.154 e. The van der Waals surface area contributed by atoms with Gasteiger partial charge in [-0.1, -0.05) is 24.1 Å². The fraction of sp³-hybridized carbons (Fsp3) is 0.500. The van der Waals surface area contributed by atoms with Crippen LogP contribution in [0.5, 0.6) is 11.5 Å². The highest BCUT2D eigenvalue weighted by molar-refractivity contribution is 5.39. The molecule has 1 saturated heterocycles. The van der Waals surface area contributed by atoms with Crippen LogP contribution in [0.4, 0.5) is 0 Å². The van der Waals surface area contributed by atoms with E-state index in [2.05, 4.69) is 10.1 Å². The van der Waals surface area contributed by atoms with Crippen molar-refractivity contribution in [3.8, 4) is 11.5 Å². The number of rotatable bonds is 4. The first-order valence-corrected chi connectivity index (χ1v) is 8.20. The Hall–Kier alpha value is -2.01. The van der Waals surface area contributed by atoms with Crippen LogP contribution in [0.1, 0.15) is 48.7 Å². The zero-order valence-electron chi connectivity index (χ0n) is 13.8. The molecule has 1 aromatic heterocycles. The molecule has 0 bridgehead atoms. The minimum absolute atomic E-state index is 0.222. The molecule has 1 aliphatic heterocycles. The number of phenolic OH excluding ortho intramolecular Hbond substituents is 1. The molecule has 0 unspecified atom stereocenters. The molecule has 2 aromatic rings. The third kappa shape index (κ3) is 3.67. The van der Waals surface area contributed by atoms with E-state index in [4.69, 9.17) is 9.26 Å². The van der Waals surface area contributed by atoms with Gasteiger partial charge < -0.3 is 14.4 Å². The van der Waals surface area contributed by atoms with Gasteiger partial charge in [0.1, 0.15) is 11.5 Å². The number of hydrogen-bond donors (Lipinski definition) is 1. The number of likely N-dealkylation sites (tertiary alicyclic amines) is 1. The van der Waals surface area contributed by atoms with Crippen molar-refractivity contribution in [2.45, 2.75) is 45.2 Å². The molecule has 1 atom stereocenters. The van der Waals surface area contributed by atoms with E-state index in [9.17, 15) is 5.11 Å². The van der Waals surface area contributed by atoms with Crippen molar-refractivity contribution in [3.05, 3.63) is 41.3 Å². The van der Waals surface area contributed by atoms with E-state index in [1.165, 1.54) is 19.3 Å². The van der Waals surface area contributed by atoms with Gasteiger partial charge in [0.05, 0.1) is 18.8 Å². The molecule has 124 valence electrons. The van der Waals surface area contributed by atoms with Crippen LogP contribution < -0.4 is 4.74 Å². The lowest BCUT2D eigenvalue weighted by atomic mass is 10.1. The van der Waals surface area contributed by atoms with E-state index in [0.29, 0.717) is 12.3 Å². The monoisotopic (exact) mass is 316 g/mol. The van der Waals surface area contributed by atoms with Crippen LogP contribution in [-0.4, -0.2) is 28.8 Å². The highest BCUT2D eigenvalue weighted by Gasteiger charge is 2.26. The van der Waals surface area contributed by atoms with Crippen LogP contribution in [0, 0.1) is 6.92 Å². The van der Waals surface area contributed by atoms with Crippen molar-refractivity contribution >= 4 is 0 Å². The van der Waals surface area contributed by atoms with Gasteiger partial charge in [-0.25, -0.2) is 0 Å². The van der Waals surface area contributed by atoms with Gasteiger partial charge in [0.15, 0.2) is 5.76 Å². The molecule has 0 spiro atoms. The molecule has 0 aliphatic carbocycles. The molecule has 2 heterocycles. The van der Waals surface area contributed by atoms with Gasteiger partial charge >= 0.3 is 0 Å². The van der Waals surface area contributed by atoms with Crippen molar-refractivity contribution in [2.75, 3.05) is 13.7 Å². The minimum atomic E-state index is 0.222. The second-order valence-electron chi connectivity index (χ2n) is 6.20. The number of ether oxygens (including phenoxy) is 1. The van der Waals surface area contributed by atoms with Crippen LogP contribution in [-0.2, 0) is 6.54 Å². The quantitative estimate of drug-likeness (QED) is 0.929. The van der Waals surface area contributed by atoms with Crippen LogP contribution >= 0.6 is 0 Å². The number of aromatic nitrogens is 1. The second kappa shape index (κ2) is 7.04. The number of aromatic hydroxyl groups is 1. The van der Waals surface area contributed by atoms with Gasteiger partial charge in [0, 0.05) is 24.2 Å². The molecule has 3 rings (SSSR count). The Balaban J connectivity index is 1.82. The average molecular weight is 316 g/mol. The van der Waals surface area contributed by atoms with Gasteiger partial charge in [0.2, 0.25) is 0 Å². The van der Waals surface area contributed by atoms with Gasteiger partial charge in [-0.2, -0.15) is 0 Å². The van der Waals surface area contributed by atoms with E-state index >= 15 is 0 Å². The van der Waals surface area contributed by atoms with E-state index in [-0.39, 0.29) is 11.8 Å². The first-order valence-electron chi connectivity index (χ1n) is 8.20. The fourth-order valence-electron chi connectivity index (χ4n) is 3.24. The molecule has 23 heavy (non-hydrogen) atoms. The Morgan fingerprint density at radius 2 is 2.17 bits per heavy atom. The normalized spacial score (nSPS) is 19.5. The van der Waals surface area contributed by atoms with Gasteiger partial charge in [-0.3, -0.25) is 4.90 Å². The lowest BCUT2D eigenvalue weighted by molar-refractivity contribution is 0.158. The summed E-state index contributed by atoms with van der Waals surface area (Å²) in [4.78, 5) is 2.38. The van der Waals surface area contributed by atoms with Crippen LogP contribution in [0.3, 0.4) is 0 Å². The van der Waals surface area contributed by atoms with Crippen molar-refractivity contribution in [3.63, 3.8) is 0 Å². The number of hydrogen-bond acceptors (Lipinski definition) is 5. The molecule has 0 saturated carbocycles. The van der Waals surface area contributed by atoms with Crippen LogP contribution in [0.2, 0.25) is 0 Å². The zero-order valence-corrected chi connectivity index (χ0v) is 13.8. The third-order valence-electron chi connectivity index (χ3n) is 4.50. The summed E-state index contributed by atoms with van der Waals surface area (Å²) in [6.45, 7) is 3.64. The van der Waals surface area contributed by atoms with E-state index in [0.717, 1.165) is 30.0 Å². The molecule has 1 aromatic carbocycles. The molecule has 1 aliphatic rings. The van der Waals surface area contributed by atoms with Crippen LogP contribution in [0.25, 0.3) is 0 Å². The van der Waals surface area contributed by atoms with E-state index < -0.39 is 0 Å². The Morgan fingerprint density at radius 3 is 2.87 bits per heavy atom. The number of phenols is 1. The SMILES string of the molecule is COc1ccc(CN2CCCCC[C@@H]2c2cc(C)no2)c(O)c1. The summed E-state index contributed by atoms with van der Waals surface area (Å²) in [5, 5.41) is 14.3. The van der Waals surface area contributed by atoms with Crippen molar-refractivity contribution < 1.29 is 14.4 Å². The molecule has 5 nitrogen and oxygen atoms in total. The van der Waals surface area contributed by atoms with Crippen molar-refractivity contribution in [2.24, 2.45) is 0 Å². The zero-order chi connectivity index (χ0) is 16.2. The number of methoxy groups -OCH3 is 1. The summed E-state index contributed by atoms with van der Waals surface area (Å²) in [6, 6.07) is 7.74. The fourth-order valence-corrected chi connectivity index (χ4v) is 3.24. The number of benzene rings is 1. The molecule has 0 radical (unpaired) electrons. The largest absolute Gasteiger partial charge is 0.507 e. The minimum Gasteiger partial charge on any atom is -0.507 e. The summed E-state index contributed by atoms with van der Waals surface area (Å²) in [6.07, 6.45) is 4.65. The highest BCUT2D eigenvalue weighted by atomic mass is 16.5. The number of aryl methyl sites for hydroxylation is 1. The summed E-state index contributed by atoms with van der Waals surface area (Å²) in [5.74, 6) is 1.88. The summed E-state index contributed by atoms with van der Waals surface area (Å²) < 4.78 is 10.7. The first-order chi connectivity index (χ1) is 11.2. The lowest BCUT2D eigenvalue weighted by Gasteiger charge is -2.28. The predicted octanol–water partition coefficient (Wildman–Crippen LogP) is 3.81. The first kappa shape index (κ1) is 15.9. The Kier molecular flexibility index (Phi) is 4.86. The maximum Gasteiger partial charge on any atom is 0.154 e. The summed E-state index contributed by atoms with van der Waals surface area (Å²) >= 11 is 0. The van der Waals surface area contributed by atoms with E-state index in [1.807, 2.05) is 25.1 Å². The van der Waals surface area contributed by atoms with Gasteiger partial charge in [-0.05, 0) is 32.4 Å². The molecule has 0 amide bonds. The highest BCUT2D eigenvalue weighted by Crippen LogP contribution is 2.33. The average Bonchev–Trinajstić information content (AvgIpc) is 2.84. The Bertz CT molecular complexity index is 653.